The lowest BCUT2D eigenvalue weighted by Crippen LogP contribution is -2.20. The van der Waals surface area contributed by atoms with Crippen LogP contribution in [0.15, 0.2) is 66.9 Å². The molecule has 0 atom stereocenters. The summed E-state index contributed by atoms with van der Waals surface area (Å²) in [7, 11) is 0. The number of nitrogens with one attached hydrogen (secondary N) is 1. The minimum Gasteiger partial charge on any atom is -0.334 e. The van der Waals surface area contributed by atoms with E-state index in [-0.39, 0.29) is 22.2 Å². The Morgan fingerprint density at radius 2 is 1.75 bits per heavy atom. The summed E-state index contributed by atoms with van der Waals surface area (Å²) in [4.78, 5) is 31.2. The molecule has 2 heterocycles. The zero-order chi connectivity index (χ0) is 22.3. The Balaban J connectivity index is 1.58. The van der Waals surface area contributed by atoms with Crippen molar-refractivity contribution in [3.8, 4) is 0 Å². The van der Waals surface area contributed by atoms with E-state index in [0.29, 0.717) is 28.8 Å². The predicted molar refractivity (Wildman–Crippen MR) is 124 cm³/mol. The van der Waals surface area contributed by atoms with Crippen molar-refractivity contribution in [3.63, 3.8) is 0 Å². The second-order valence-electron chi connectivity index (χ2n) is 7.94. The number of aryl methyl sites for hydroxylation is 1. The van der Waals surface area contributed by atoms with Gasteiger partial charge < -0.3 is 10.2 Å². The van der Waals surface area contributed by atoms with E-state index in [1.807, 2.05) is 6.07 Å². The Bertz CT molecular complexity index is 1100. The van der Waals surface area contributed by atoms with Gasteiger partial charge >= 0.3 is 5.69 Å². The van der Waals surface area contributed by atoms with E-state index >= 15 is 0 Å². The van der Waals surface area contributed by atoms with Crippen molar-refractivity contribution in [2.45, 2.75) is 25.7 Å². The van der Waals surface area contributed by atoms with Crippen LogP contribution in [0.1, 0.15) is 40.7 Å². The van der Waals surface area contributed by atoms with E-state index in [4.69, 9.17) is 0 Å². The number of benzene rings is 2. The summed E-state index contributed by atoms with van der Waals surface area (Å²) >= 11 is 0. The van der Waals surface area contributed by atoms with Crippen LogP contribution < -0.4 is 5.32 Å². The molecule has 1 aliphatic heterocycles. The largest absolute Gasteiger partial charge is 0.334 e. The van der Waals surface area contributed by atoms with Crippen LogP contribution in [0.25, 0.3) is 0 Å². The lowest BCUT2D eigenvalue weighted by atomic mass is 10.0. The van der Waals surface area contributed by atoms with Crippen LogP contribution in [-0.2, 0) is 6.42 Å². The highest BCUT2D eigenvalue weighted by atomic mass is 16.6. The van der Waals surface area contributed by atoms with Gasteiger partial charge in [-0.15, -0.1) is 0 Å². The smallest absolute Gasteiger partial charge is 0.314 e. The highest BCUT2D eigenvalue weighted by molar-refractivity contribution is 6.12. The molecule has 1 N–H and O–H groups in total. The first kappa shape index (κ1) is 21.6. The van der Waals surface area contributed by atoms with E-state index < -0.39 is 0 Å². The van der Waals surface area contributed by atoms with Gasteiger partial charge in [-0.25, -0.2) is 4.98 Å². The van der Waals surface area contributed by atoms with Crippen LogP contribution in [0.4, 0.5) is 17.2 Å². The van der Waals surface area contributed by atoms with Gasteiger partial charge in [-0.1, -0.05) is 42.5 Å². The van der Waals surface area contributed by atoms with Crippen LogP contribution in [0.3, 0.4) is 0 Å². The van der Waals surface area contributed by atoms with Gasteiger partial charge in [-0.2, -0.15) is 0 Å². The SMILES string of the molecule is O=C(c1ccccc1)c1ccccc1Nc1nccc(CCCN2CCCC2)c1[N+](=O)[O-]. The number of aromatic nitrogens is 1. The maximum Gasteiger partial charge on any atom is 0.314 e. The molecule has 0 unspecified atom stereocenters. The second-order valence-corrected chi connectivity index (χ2v) is 7.94. The lowest BCUT2D eigenvalue weighted by molar-refractivity contribution is -0.384. The molecule has 0 saturated carbocycles. The van der Waals surface area contributed by atoms with Crippen LogP contribution in [0, 0.1) is 10.1 Å². The number of carbonyl (C=O) groups is 1. The van der Waals surface area contributed by atoms with Crippen molar-refractivity contribution in [2.75, 3.05) is 25.0 Å². The summed E-state index contributed by atoms with van der Waals surface area (Å²) in [6.45, 7) is 3.16. The summed E-state index contributed by atoms with van der Waals surface area (Å²) in [5.74, 6) is 0.0000972. The van der Waals surface area contributed by atoms with Gasteiger partial charge in [0.15, 0.2) is 5.78 Å². The Morgan fingerprint density at radius 3 is 2.50 bits per heavy atom. The van der Waals surface area contributed by atoms with Crippen LogP contribution >= 0.6 is 0 Å². The molecule has 0 bridgehead atoms. The second kappa shape index (κ2) is 10.2. The molecule has 0 amide bonds. The first-order valence-electron chi connectivity index (χ1n) is 10.9. The molecule has 1 fully saturated rings. The maximum atomic E-state index is 13.0. The molecule has 0 aliphatic carbocycles. The summed E-state index contributed by atoms with van der Waals surface area (Å²) < 4.78 is 0. The summed E-state index contributed by atoms with van der Waals surface area (Å²) in [6.07, 6.45) is 5.50. The minimum atomic E-state index is -0.387. The molecule has 3 aromatic rings. The van der Waals surface area contributed by atoms with Gasteiger partial charge in [0.05, 0.1) is 10.6 Å². The summed E-state index contributed by atoms with van der Waals surface area (Å²) in [6, 6.07) is 17.7. The number of ketones is 1. The van der Waals surface area contributed by atoms with E-state index in [0.717, 1.165) is 26.1 Å². The zero-order valence-electron chi connectivity index (χ0n) is 17.9. The van der Waals surface area contributed by atoms with E-state index in [2.05, 4.69) is 15.2 Å². The van der Waals surface area contributed by atoms with Gasteiger partial charge in [-0.05, 0) is 63.5 Å². The van der Waals surface area contributed by atoms with Gasteiger partial charge in [0, 0.05) is 22.9 Å². The first-order valence-corrected chi connectivity index (χ1v) is 10.9. The highest BCUT2D eigenvalue weighted by Gasteiger charge is 2.23. The zero-order valence-corrected chi connectivity index (χ0v) is 17.9. The molecular weight excluding hydrogens is 404 g/mol. The molecule has 1 aromatic heterocycles. The number of carbonyl (C=O) groups excluding carboxylic acids is 1. The lowest BCUT2D eigenvalue weighted by Gasteiger charge is -2.15. The third-order valence-corrected chi connectivity index (χ3v) is 5.77. The molecule has 7 nitrogen and oxygen atoms in total. The Hall–Kier alpha value is -3.58. The van der Waals surface area contributed by atoms with E-state index in [1.165, 1.54) is 12.8 Å². The molecule has 164 valence electrons. The standard InChI is InChI=1S/C25H26N4O3/c30-24(20-9-2-1-3-10-20)21-12-4-5-13-22(21)27-25-23(29(31)32)19(14-15-26-25)11-8-18-28-16-6-7-17-28/h1-5,9-10,12-15H,6-8,11,16-18H2,(H,26,27). The number of para-hydroxylation sites is 1. The molecule has 7 heteroatoms. The number of hydrogen-bond donors (Lipinski definition) is 1. The van der Waals surface area contributed by atoms with Crippen LogP contribution in [0.2, 0.25) is 0 Å². The maximum absolute atomic E-state index is 13.0. The van der Waals surface area contributed by atoms with Crippen LogP contribution in [-0.4, -0.2) is 40.2 Å². The summed E-state index contributed by atoms with van der Waals surface area (Å²) in [5, 5.41) is 15.0. The van der Waals surface area contributed by atoms with Gasteiger partial charge in [0.1, 0.15) is 0 Å². The quantitative estimate of drug-likeness (QED) is 0.292. The fourth-order valence-corrected chi connectivity index (χ4v) is 4.15. The average Bonchev–Trinajstić information content (AvgIpc) is 3.33. The van der Waals surface area contributed by atoms with Crippen molar-refractivity contribution < 1.29 is 9.72 Å². The fraction of sp³-hybridized carbons (Fsp3) is 0.280. The molecule has 1 saturated heterocycles. The van der Waals surface area contributed by atoms with Crippen LogP contribution in [0.5, 0.6) is 0 Å². The number of rotatable bonds is 9. The number of nitro groups is 1. The molecule has 4 rings (SSSR count). The Morgan fingerprint density at radius 1 is 1.03 bits per heavy atom. The Kier molecular flexibility index (Phi) is 6.87. The number of pyridine rings is 1. The average molecular weight is 431 g/mol. The first-order chi connectivity index (χ1) is 15.6. The normalized spacial score (nSPS) is 13.8. The number of hydrogen-bond acceptors (Lipinski definition) is 6. The van der Waals surface area contributed by atoms with Crippen molar-refractivity contribution in [1.29, 1.82) is 0 Å². The number of likely N-dealkylation sites (tertiary alicyclic amines) is 1. The Labute approximate surface area is 187 Å². The van der Waals surface area contributed by atoms with Gasteiger partial charge in [0.25, 0.3) is 0 Å². The van der Waals surface area contributed by atoms with Gasteiger partial charge in [-0.3, -0.25) is 14.9 Å². The van der Waals surface area contributed by atoms with Gasteiger partial charge in [0.2, 0.25) is 5.82 Å². The number of anilines is 2. The van der Waals surface area contributed by atoms with E-state index in [1.54, 1.807) is 60.8 Å². The van der Waals surface area contributed by atoms with Crippen molar-refractivity contribution in [2.24, 2.45) is 0 Å². The fourth-order valence-electron chi connectivity index (χ4n) is 4.15. The number of nitrogens with zero attached hydrogens (tertiary/aromatic N) is 3. The monoisotopic (exact) mass is 430 g/mol. The molecule has 0 radical (unpaired) electrons. The van der Waals surface area contributed by atoms with Crippen molar-refractivity contribution >= 4 is 23.0 Å². The van der Waals surface area contributed by atoms with Crippen molar-refractivity contribution in [3.05, 3.63) is 93.7 Å². The molecule has 0 spiro atoms. The van der Waals surface area contributed by atoms with E-state index in [9.17, 15) is 14.9 Å². The third kappa shape index (κ3) is 5.00. The molecule has 32 heavy (non-hydrogen) atoms. The summed E-state index contributed by atoms with van der Waals surface area (Å²) in [5.41, 5.74) is 2.11. The molecule has 2 aromatic carbocycles. The minimum absolute atomic E-state index is 0.0316. The topological polar surface area (TPSA) is 88.4 Å². The predicted octanol–water partition coefficient (Wildman–Crippen LogP) is 4.99. The van der Waals surface area contributed by atoms with Crippen molar-refractivity contribution in [1.82, 2.24) is 9.88 Å². The molecular formula is C25H26N4O3. The third-order valence-electron chi connectivity index (χ3n) is 5.77. The molecule has 1 aliphatic rings. The highest BCUT2D eigenvalue weighted by Crippen LogP contribution is 2.31.